The number of aryl methyl sites for hydroxylation is 1. The van der Waals surface area contributed by atoms with Gasteiger partial charge in [-0.3, -0.25) is 0 Å². The highest BCUT2D eigenvalue weighted by Gasteiger charge is 2.11. The van der Waals surface area contributed by atoms with E-state index in [-0.39, 0.29) is 5.41 Å². The molecule has 86 valence electrons. The zero-order valence-corrected chi connectivity index (χ0v) is 10.5. The summed E-state index contributed by atoms with van der Waals surface area (Å²) < 4.78 is 0. The van der Waals surface area contributed by atoms with Crippen LogP contribution >= 0.6 is 8.60 Å². The van der Waals surface area contributed by atoms with Crippen LogP contribution in [0.3, 0.4) is 0 Å². The number of hydrogen-bond acceptors (Lipinski definition) is 3. The van der Waals surface area contributed by atoms with E-state index in [4.69, 9.17) is 14.7 Å². The van der Waals surface area contributed by atoms with Crippen LogP contribution in [0, 0.1) is 6.92 Å². The SMILES string of the molecule is Cc1ccc(C(C)(C)C)cc1.OP(O)O. The van der Waals surface area contributed by atoms with Crippen LogP contribution < -0.4 is 0 Å². The van der Waals surface area contributed by atoms with E-state index in [1.165, 1.54) is 11.1 Å². The minimum atomic E-state index is -2.62. The van der Waals surface area contributed by atoms with Crippen LogP contribution in [0.25, 0.3) is 0 Å². The van der Waals surface area contributed by atoms with Gasteiger partial charge in [0.1, 0.15) is 0 Å². The van der Waals surface area contributed by atoms with Crippen molar-refractivity contribution in [3.63, 3.8) is 0 Å². The number of benzene rings is 1. The van der Waals surface area contributed by atoms with E-state index >= 15 is 0 Å². The molecule has 4 heteroatoms. The monoisotopic (exact) mass is 230 g/mol. The average molecular weight is 230 g/mol. The van der Waals surface area contributed by atoms with Crippen molar-refractivity contribution in [2.75, 3.05) is 0 Å². The fraction of sp³-hybridized carbons (Fsp3) is 0.455. The van der Waals surface area contributed by atoms with Gasteiger partial charge in [-0.25, -0.2) is 0 Å². The largest absolute Gasteiger partial charge is 0.328 e. The van der Waals surface area contributed by atoms with E-state index in [2.05, 4.69) is 52.0 Å². The van der Waals surface area contributed by atoms with E-state index in [9.17, 15) is 0 Å². The summed E-state index contributed by atoms with van der Waals surface area (Å²) in [4.78, 5) is 21.7. The van der Waals surface area contributed by atoms with Crippen LogP contribution in [0.1, 0.15) is 31.9 Å². The van der Waals surface area contributed by atoms with Gasteiger partial charge < -0.3 is 14.7 Å². The molecule has 0 saturated carbocycles. The summed E-state index contributed by atoms with van der Waals surface area (Å²) in [5.41, 5.74) is 3.02. The zero-order chi connectivity index (χ0) is 12.1. The molecule has 0 radical (unpaired) electrons. The molecule has 0 unspecified atom stereocenters. The Bertz CT molecular complexity index is 272. The predicted octanol–water partition coefficient (Wildman–Crippen LogP) is 2.48. The van der Waals surface area contributed by atoms with Gasteiger partial charge in [0.15, 0.2) is 0 Å². The molecule has 3 nitrogen and oxygen atoms in total. The van der Waals surface area contributed by atoms with E-state index in [0.29, 0.717) is 0 Å². The highest BCUT2D eigenvalue weighted by atomic mass is 31.2. The summed E-state index contributed by atoms with van der Waals surface area (Å²) in [5.74, 6) is 0. The first kappa shape index (κ1) is 14.5. The van der Waals surface area contributed by atoms with Crippen molar-refractivity contribution in [1.29, 1.82) is 0 Å². The van der Waals surface area contributed by atoms with Crippen LogP contribution in [0.2, 0.25) is 0 Å². The molecule has 1 aromatic rings. The Hall–Kier alpha value is -0.470. The highest BCUT2D eigenvalue weighted by Crippen LogP contribution is 2.21. The molecule has 3 N–H and O–H groups in total. The van der Waals surface area contributed by atoms with Crippen LogP contribution in [0.5, 0.6) is 0 Å². The summed E-state index contributed by atoms with van der Waals surface area (Å²) in [6, 6.07) is 8.74. The molecule has 0 heterocycles. The molecule has 0 fully saturated rings. The molecule has 0 aliphatic rings. The van der Waals surface area contributed by atoms with Crippen molar-refractivity contribution in [2.45, 2.75) is 33.1 Å². The van der Waals surface area contributed by atoms with Gasteiger partial charge in [-0.15, -0.1) is 0 Å². The lowest BCUT2D eigenvalue weighted by atomic mass is 9.87. The molecule has 0 bridgehead atoms. The van der Waals surface area contributed by atoms with Crippen LogP contribution in [-0.4, -0.2) is 14.7 Å². The van der Waals surface area contributed by atoms with Crippen molar-refractivity contribution in [1.82, 2.24) is 0 Å². The zero-order valence-electron chi connectivity index (χ0n) is 9.60. The van der Waals surface area contributed by atoms with Gasteiger partial charge in [-0.05, 0) is 17.9 Å². The van der Waals surface area contributed by atoms with E-state index in [1.54, 1.807) is 0 Å². The number of rotatable bonds is 0. The molecule has 15 heavy (non-hydrogen) atoms. The van der Waals surface area contributed by atoms with Crippen LogP contribution in [-0.2, 0) is 5.41 Å². The second-order valence-electron chi connectivity index (χ2n) is 4.38. The fourth-order valence-corrected chi connectivity index (χ4v) is 1.05. The lowest BCUT2D eigenvalue weighted by Gasteiger charge is -2.18. The first-order valence-corrected chi connectivity index (χ1v) is 5.87. The Balaban J connectivity index is 0.000000423. The lowest BCUT2D eigenvalue weighted by molar-refractivity contribution is 0.368. The minimum Gasteiger partial charge on any atom is -0.328 e. The summed E-state index contributed by atoms with van der Waals surface area (Å²) in [7, 11) is -2.62. The Kier molecular flexibility index (Phi) is 5.99. The maximum atomic E-state index is 7.23. The molecule has 0 aliphatic heterocycles. The molecule has 0 amide bonds. The van der Waals surface area contributed by atoms with Crippen molar-refractivity contribution in [3.8, 4) is 0 Å². The molecule has 0 aliphatic carbocycles. The second kappa shape index (κ2) is 6.19. The van der Waals surface area contributed by atoms with Crippen molar-refractivity contribution < 1.29 is 14.7 Å². The molecule has 0 aromatic heterocycles. The topological polar surface area (TPSA) is 60.7 Å². The van der Waals surface area contributed by atoms with Gasteiger partial charge in [-0.2, -0.15) is 0 Å². The molecular weight excluding hydrogens is 211 g/mol. The van der Waals surface area contributed by atoms with Gasteiger partial charge in [0, 0.05) is 0 Å². The molecule has 0 spiro atoms. The summed E-state index contributed by atoms with van der Waals surface area (Å²) in [6.45, 7) is 8.82. The van der Waals surface area contributed by atoms with E-state index in [1.807, 2.05) is 0 Å². The number of hydrogen-bond donors (Lipinski definition) is 3. The Morgan fingerprint density at radius 1 is 0.933 bits per heavy atom. The minimum absolute atomic E-state index is 0.285. The molecular formula is C11H19O3P. The fourth-order valence-electron chi connectivity index (χ4n) is 1.05. The normalized spacial score (nSPS) is 10.9. The summed E-state index contributed by atoms with van der Waals surface area (Å²) >= 11 is 0. The van der Waals surface area contributed by atoms with Gasteiger partial charge >= 0.3 is 8.60 Å². The summed E-state index contributed by atoms with van der Waals surface area (Å²) in [5, 5.41) is 0. The maximum absolute atomic E-state index is 7.23. The van der Waals surface area contributed by atoms with Gasteiger partial charge in [0.05, 0.1) is 0 Å². The van der Waals surface area contributed by atoms with E-state index < -0.39 is 8.60 Å². The Labute approximate surface area is 92.4 Å². The lowest BCUT2D eigenvalue weighted by Crippen LogP contribution is -2.10. The van der Waals surface area contributed by atoms with Crippen molar-refractivity contribution in [3.05, 3.63) is 35.4 Å². The summed E-state index contributed by atoms with van der Waals surface area (Å²) in [6.07, 6.45) is 0. The Morgan fingerprint density at radius 2 is 1.27 bits per heavy atom. The Morgan fingerprint density at radius 3 is 1.53 bits per heavy atom. The van der Waals surface area contributed by atoms with Gasteiger partial charge in [0.2, 0.25) is 0 Å². The first-order valence-electron chi connectivity index (χ1n) is 4.67. The predicted molar refractivity (Wildman–Crippen MR) is 63.5 cm³/mol. The van der Waals surface area contributed by atoms with Crippen LogP contribution in [0.15, 0.2) is 24.3 Å². The molecule has 0 atom stereocenters. The van der Waals surface area contributed by atoms with Crippen LogP contribution in [0.4, 0.5) is 0 Å². The highest BCUT2D eigenvalue weighted by molar-refractivity contribution is 7.38. The average Bonchev–Trinajstić information content (AvgIpc) is 2.01. The third-order valence-electron chi connectivity index (χ3n) is 1.92. The van der Waals surface area contributed by atoms with Crippen molar-refractivity contribution in [2.24, 2.45) is 0 Å². The third kappa shape index (κ3) is 7.46. The van der Waals surface area contributed by atoms with Gasteiger partial charge in [0.25, 0.3) is 0 Å². The second-order valence-corrected chi connectivity index (χ2v) is 4.92. The third-order valence-corrected chi connectivity index (χ3v) is 1.92. The molecule has 1 rings (SSSR count). The smallest absolute Gasteiger partial charge is 0.324 e. The first-order chi connectivity index (χ1) is 6.73. The standard InChI is InChI=1S/C11H16.H3O3P/c1-9-5-7-10(8-6-9)11(2,3)4;1-4(2)3/h5-8H,1-4H3;1-3H. The van der Waals surface area contributed by atoms with Gasteiger partial charge in [-0.1, -0.05) is 50.6 Å². The molecule has 0 saturated heterocycles. The van der Waals surface area contributed by atoms with Crippen molar-refractivity contribution >= 4 is 8.60 Å². The van der Waals surface area contributed by atoms with E-state index in [0.717, 1.165) is 0 Å². The quantitative estimate of drug-likeness (QED) is 0.600. The maximum Gasteiger partial charge on any atom is 0.324 e. The molecule has 1 aromatic carbocycles.